The van der Waals surface area contributed by atoms with Crippen LogP contribution < -0.4 is 4.90 Å². The first kappa shape index (κ1) is 26.2. The number of fused-ring (bicyclic) bond motifs is 1. The number of aryl methyl sites for hydroxylation is 1. The molecule has 0 spiro atoms. The fraction of sp³-hybridized carbons (Fsp3) is 0.613. The third kappa shape index (κ3) is 5.66. The van der Waals surface area contributed by atoms with Crippen molar-refractivity contribution in [3.05, 3.63) is 41.6 Å². The minimum Gasteiger partial charge on any atom is -0.354 e. The second kappa shape index (κ2) is 11.6. The van der Waals surface area contributed by atoms with Crippen LogP contribution >= 0.6 is 0 Å². The van der Waals surface area contributed by atoms with Crippen LogP contribution in [0, 0.1) is 24.6 Å². The van der Waals surface area contributed by atoms with Crippen LogP contribution in [0.4, 0.5) is 10.2 Å². The molecule has 0 unspecified atom stereocenters. The van der Waals surface area contributed by atoms with Crippen LogP contribution in [0.25, 0.3) is 16.7 Å². The highest BCUT2D eigenvalue weighted by Gasteiger charge is 2.29. The van der Waals surface area contributed by atoms with Gasteiger partial charge in [-0.25, -0.2) is 19.0 Å². The van der Waals surface area contributed by atoms with Gasteiger partial charge in [0.1, 0.15) is 17.5 Å². The van der Waals surface area contributed by atoms with Crippen molar-refractivity contribution in [3.8, 4) is 5.69 Å². The summed E-state index contributed by atoms with van der Waals surface area (Å²) in [4.78, 5) is 28.1. The van der Waals surface area contributed by atoms with Gasteiger partial charge < -0.3 is 9.80 Å². The smallest absolute Gasteiger partial charge is 0.225 e. The first-order valence-corrected chi connectivity index (χ1v) is 15.1. The van der Waals surface area contributed by atoms with Crippen molar-refractivity contribution >= 4 is 22.8 Å². The summed E-state index contributed by atoms with van der Waals surface area (Å²) in [6, 6.07) is 6.45. The molecule has 208 valence electrons. The number of nitrogens with zero attached hydrogens (tertiary/aromatic N) is 6. The Bertz CT molecular complexity index is 1290. The number of anilines is 1. The maximum Gasteiger partial charge on any atom is 0.225 e. The van der Waals surface area contributed by atoms with Crippen LogP contribution in [-0.4, -0.2) is 56.7 Å². The van der Waals surface area contributed by atoms with E-state index in [1.165, 1.54) is 63.5 Å². The lowest BCUT2D eigenvalue weighted by atomic mass is 9.87. The van der Waals surface area contributed by atoms with Crippen molar-refractivity contribution < 1.29 is 9.18 Å². The zero-order valence-electron chi connectivity index (χ0n) is 23.2. The molecule has 0 atom stereocenters. The van der Waals surface area contributed by atoms with Crippen molar-refractivity contribution in [2.75, 3.05) is 31.1 Å². The Kier molecular flexibility index (Phi) is 7.80. The van der Waals surface area contributed by atoms with Crippen molar-refractivity contribution in [1.29, 1.82) is 0 Å². The third-order valence-electron chi connectivity index (χ3n) is 9.06. The van der Waals surface area contributed by atoms with Crippen molar-refractivity contribution in [2.24, 2.45) is 11.8 Å². The molecule has 1 aromatic carbocycles. The fourth-order valence-electron chi connectivity index (χ4n) is 6.89. The van der Waals surface area contributed by atoms with E-state index in [4.69, 9.17) is 15.1 Å². The number of benzene rings is 1. The van der Waals surface area contributed by atoms with Crippen molar-refractivity contribution in [1.82, 2.24) is 24.6 Å². The predicted octanol–water partition coefficient (Wildman–Crippen LogP) is 6.00. The molecule has 3 fully saturated rings. The topological polar surface area (TPSA) is 67.2 Å². The van der Waals surface area contributed by atoms with Gasteiger partial charge in [-0.2, -0.15) is 5.10 Å². The molecule has 1 amide bonds. The van der Waals surface area contributed by atoms with E-state index in [0.29, 0.717) is 11.8 Å². The summed E-state index contributed by atoms with van der Waals surface area (Å²) in [5, 5.41) is 5.82. The molecule has 8 heteroatoms. The molecule has 7 nitrogen and oxygen atoms in total. The molecule has 6 rings (SSSR count). The molecular formula is C31H41FN6O. The van der Waals surface area contributed by atoms with Crippen LogP contribution in [0.2, 0.25) is 0 Å². The molecule has 3 heterocycles. The van der Waals surface area contributed by atoms with Gasteiger partial charge in [-0.3, -0.25) is 4.79 Å². The number of hydrogen-bond acceptors (Lipinski definition) is 5. The van der Waals surface area contributed by atoms with Crippen LogP contribution in [0.1, 0.15) is 82.1 Å². The van der Waals surface area contributed by atoms with E-state index in [-0.39, 0.29) is 11.7 Å². The summed E-state index contributed by atoms with van der Waals surface area (Å²) in [5.74, 6) is 2.70. The minimum atomic E-state index is -0.267. The average Bonchev–Trinajstić information content (AvgIpc) is 3.13. The summed E-state index contributed by atoms with van der Waals surface area (Å²) in [6.45, 7) is 5.15. The normalized spacial score (nSPS) is 19.9. The lowest BCUT2D eigenvalue weighted by molar-refractivity contribution is -0.136. The Hall–Kier alpha value is -3.03. The Morgan fingerprint density at radius 3 is 2.33 bits per heavy atom. The summed E-state index contributed by atoms with van der Waals surface area (Å²) in [5.41, 5.74) is 2.45. The summed E-state index contributed by atoms with van der Waals surface area (Å²) < 4.78 is 15.6. The van der Waals surface area contributed by atoms with E-state index >= 15 is 0 Å². The van der Waals surface area contributed by atoms with Crippen LogP contribution in [0.5, 0.6) is 0 Å². The Morgan fingerprint density at radius 2 is 1.59 bits per heavy atom. The molecule has 3 aliphatic rings. The standard InChI is InChI=1S/C31H41FN6O/c1-22-28-29(36-17-8-18-37(20-19-36)31(39)24-11-6-3-7-12-24)33-27(21-23-9-4-2-5-10-23)34-30(28)38(35-22)26-15-13-25(32)14-16-26/h13-16,23-24H,2-12,17-21H2,1H3. The molecule has 3 aromatic rings. The Balaban J connectivity index is 1.33. The number of amides is 1. The van der Waals surface area contributed by atoms with Gasteiger partial charge >= 0.3 is 0 Å². The largest absolute Gasteiger partial charge is 0.354 e. The van der Waals surface area contributed by atoms with Crippen LogP contribution in [-0.2, 0) is 11.2 Å². The molecule has 2 saturated carbocycles. The number of carbonyl (C=O) groups is 1. The SMILES string of the molecule is Cc1nn(-c2ccc(F)cc2)c2nc(CC3CCCCC3)nc(N3CCCN(C(=O)C4CCCCC4)CC3)c12. The van der Waals surface area contributed by atoms with E-state index in [2.05, 4.69) is 9.80 Å². The highest BCUT2D eigenvalue weighted by Crippen LogP contribution is 2.33. The third-order valence-corrected chi connectivity index (χ3v) is 9.06. The Morgan fingerprint density at radius 1 is 0.872 bits per heavy atom. The van der Waals surface area contributed by atoms with Crippen LogP contribution in [0.15, 0.2) is 24.3 Å². The first-order chi connectivity index (χ1) is 19.1. The molecule has 2 aliphatic carbocycles. The lowest BCUT2D eigenvalue weighted by Crippen LogP contribution is -2.39. The summed E-state index contributed by atoms with van der Waals surface area (Å²) >= 11 is 0. The molecule has 2 aromatic heterocycles. The average molecular weight is 533 g/mol. The van der Waals surface area contributed by atoms with Crippen LogP contribution in [0.3, 0.4) is 0 Å². The zero-order valence-corrected chi connectivity index (χ0v) is 23.2. The summed E-state index contributed by atoms with van der Waals surface area (Å²) in [7, 11) is 0. The first-order valence-electron chi connectivity index (χ1n) is 15.1. The summed E-state index contributed by atoms with van der Waals surface area (Å²) in [6.07, 6.45) is 13.8. The lowest BCUT2D eigenvalue weighted by Gasteiger charge is -2.28. The Labute approximate surface area is 230 Å². The highest BCUT2D eigenvalue weighted by atomic mass is 19.1. The molecular weight excluding hydrogens is 491 g/mol. The fourth-order valence-corrected chi connectivity index (χ4v) is 6.89. The number of rotatable bonds is 5. The zero-order chi connectivity index (χ0) is 26.8. The monoisotopic (exact) mass is 532 g/mol. The van der Waals surface area contributed by atoms with Gasteiger partial charge in [0.2, 0.25) is 5.91 Å². The highest BCUT2D eigenvalue weighted by molar-refractivity contribution is 5.91. The maximum atomic E-state index is 13.7. The van der Waals surface area contributed by atoms with E-state index in [1.807, 2.05) is 11.6 Å². The minimum absolute atomic E-state index is 0.203. The number of aromatic nitrogens is 4. The van der Waals surface area contributed by atoms with Gasteiger partial charge in [0, 0.05) is 38.5 Å². The van der Waals surface area contributed by atoms with E-state index < -0.39 is 0 Å². The van der Waals surface area contributed by atoms with Crippen molar-refractivity contribution in [3.63, 3.8) is 0 Å². The van der Waals surface area contributed by atoms with Gasteiger partial charge in [0.15, 0.2) is 5.65 Å². The second-order valence-corrected chi connectivity index (χ2v) is 11.8. The van der Waals surface area contributed by atoms with E-state index in [1.54, 1.807) is 12.1 Å². The predicted molar refractivity (Wildman–Crippen MR) is 152 cm³/mol. The van der Waals surface area contributed by atoms with E-state index in [9.17, 15) is 9.18 Å². The van der Waals surface area contributed by atoms with Gasteiger partial charge in [0.25, 0.3) is 0 Å². The van der Waals surface area contributed by atoms with Gasteiger partial charge in [0.05, 0.1) is 16.8 Å². The molecule has 0 radical (unpaired) electrons. The second-order valence-electron chi connectivity index (χ2n) is 11.8. The number of carbonyl (C=O) groups excluding carboxylic acids is 1. The molecule has 0 bridgehead atoms. The van der Waals surface area contributed by atoms with E-state index in [0.717, 1.165) is 85.9 Å². The molecule has 39 heavy (non-hydrogen) atoms. The number of hydrogen-bond donors (Lipinski definition) is 0. The molecule has 0 N–H and O–H groups in total. The van der Waals surface area contributed by atoms with Gasteiger partial charge in [-0.15, -0.1) is 0 Å². The maximum absolute atomic E-state index is 13.7. The van der Waals surface area contributed by atoms with Gasteiger partial charge in [-0.1, -0.05) is 51.4 Å². The molecule has 1 aliphatic heterocycles. The number of halogens is 1. The quantitative estimate of drug-likeness (QED) is 0.403. The van der Waals surface area contributed by atoms with Crippen molar-refractivity contribution in [2.45, 2.75) is 84.0 Å². The molecule has 1 saturated heterocycles. The van der Waals surface area contributed by atoms with Gasteiger partial charge in [-0.05, 0) is 56.4 Å².